The van der Waals surface area contributed by atoms with Crippen LogP contribution in [0.5, 0.6) is 11.5 Å². The summed E-state index contributed by atoms with van der Waals surface area (Å²) in [5, 5.41) is 0.0187. The highest BCUT2D eigenvalue weighted by molar-refractivity contribution is 6.75. The lowest BCUT2D eigenvalue weighted by molar-refractivity contribution is -0.155. The average Bonchev–Trinajstić information content (AvgIpc) is 3.09. The Kier molecular flexibility index (Phi) is 12.5. The molecule has 2 saturated carbocycles. The molecule has 0 aromatic heterocycles. The summed E-state index contributed by atoms with van der Waals surface area (Å²) >= 11 is 0. The lowest BCUT2D eigenvalue weighted by Gasteiger charge is -2.44. The minimum atomic E-state index is -2.19. The first-order chi connectivity index (χ1) is 26.8. The molecule has 320 valence electrons. The van der Waals surface area contributed by atoms with E-state index in [9.17, 15) is 0 Å². The number of hydrogen-bond donors (Lipinski definition) is 0. The van der Waals surface area contributed by atoms with Crippen molar-refractivity contribution in [3.8, 4) is 11.5 Å². The molecule has 0 saturated heterocycles. The summed E-state index contributed by atoms with van der Waals surface area (Å²) in [7, 11) is -4.38. The average molecular weight is 829 g/mol. The molecule has 0 spiro atoms. The van der Waals surface area contributed by atoms with Crippen LogP contribution in [0.15, 0.2) is 47.5 Å². The normalized spacial score (nSPS) is 27.6. The van der Waals surface area contributed by atoms with Crippen LogP contribution in [0.2, 0.25) is 36.3 Å². The van der Waals surface area contributed by atoms with Crippen molar-refractivity contribution in [2.75, 3.05) is 0 Å². The molecule has 2 aromatic carbocycles. The summed E-state index contributed by atoms with van der Waals surface area (Å²) in [5.74, 6) is 2.06. The highest BCUT2D eigenvalue weighted by atomic mass is 28.4. The molecule has 5 aliphatic rings. The van der Waals surface area contributed by atoms with Gasteiger partial charge in [-0.1, -0.05) is 108 Å². The number of ether oxygens (including phenoxy) is 2. The molecule has 2 fully saturated rings. The first-order valence-corrected chi connectivity index (χ1v) is 28.4. The first kappa shape index (κ1) is 44.7. The lowest BCUT2D eigenvalue weighted by Crippen LogP contribution is -2.44. The number of rotatable bonds is 10. The number of carbonyl (C=O) groups excluding carboxylic acids is 2. The van der Waals surface area contributed by atoms with Gasteiger partial charge in [0, 0.05) is 11.8 Å². The Morgan fingerprint density at radius 3 is 1.22 bits per heavy atom. The Labute approximate surface area is 353 Å². The van der Waals surface area contributed by atoms with Crippen LogP contribution in [0, 0.1) is 35.5 Å². The summed E-state index contributed by atoms with van der Waals surface area (Å²) in [4.78, 5) is 30.5. The summed E-state index contributed by atoms with van der Waals surface area (Å²) in [5.41, 5.74) is 4.97. The molecule has 5 aliphatic carbocycles. The second-order valence-corrected chi connectivity index (χ2v) is 32.0. The van der Waals surface area contributed by atoms with Gasteiger partial charge >= 0.3 is 11.9 Å². The molecule has 8 heteroatoms. The number of hydrogen-bond acceptors (Lipinski definition) is 6. The highest BCUT2D eigenvalue weighted by Crippen LogP contribution is 2.58. The van der Waals surface area contributed by atoms with Gasteiger partial charge in [0.05, 0.1) is 11.1 Å². The lowest BCUT2D eigenvalue weighted by atomic mass is 9.60. The van der Waals surface area contributed by atoms with Crippen LogP contribution in [0.3, 0.4) is 0 Å². The molecule has 0 N–H and O–H groups in total. The van der Waals surface area contributed by atoms with Crippen LogP contribution in [0.4, 0.5) is 0 Å². The van der Waals surface area contributed by atoms with E-state index in [2.05, 4.69) is 146 Å². The van der Waals surface area contributed by atoms with Crippen molar-refractivity contribution in [3.63, 3.8) is 0 Å². The maximum Gasteiger partial charge on any atom is 0.335 e. The van der Waals surface area contributed by atoms with E-state index in [1.807, 2.05) is 0 Å². The Morgan fingerprint density at radius 2 is 0.914 bits per heavy atom. The maximum atomic E-state index is 15.3. The van der Waals surface area contributed by atoms with E-state index in [-0.39, 0.29) is 46.1 Å². The largest absolute Gasteiger partial charge is 0.543 e. The number of esters is 2. The standard InChI is InChI=1S/C50H76O6Si2/c1-29(2)35-21-17-31(5)25-41(35)53-47(51)45-43-37-23-19-34(56-58(15,16)50(10,11)12)28-40(37)44(38-24-20-33(27-39(38)43)55-57(13,14)49(7,8)9)46(45)48(52)54-42-26-32(6)18-22-36(42)30(3)4/h19-20,23-24,27-32,35-36,41-44H,17-18,21-22,25-26H2,1-16H3/t31-,32-,35+,36+,41-,42-,43+,44+/m1/s1. The fourth-order valence-electron chi connectivity index (χ4n) is 9.78. The van der Waals surface area contributed by atoms with Crippen molar-refractivity contribution in [1.29, 1.82) is 0 Å². The number of carbonyl (C=O) groups is 2. The molecule has 2 bridgehead atoms. The summed E-state index contributed by atoms with van der Waals surface area (Å²) < 4.78 is 27.3. The van der Waals surface area contributed by atoms with E-state index < -0.39 is 28.5 Å². The molecular weight excluding hydrogens is 753 g/mol. The summed E-state index contributed by atoms with van der Waals surface area (Å²) in [6.45, 7) is 36.0. The molecule has 7 rings (SSSR count). The SMILES string of the molecule is CC(C)[C@@H]1CC[C@@H](C)C[C@H]1OC(=O)C1=C(C(=O)O[C@@H]2C[C@H](C)CC[C@H]2C(C)C)[C@H]2c3ccc(O[Si](C)(C)C(C)(C)C)cc3[C@@H]1c1ccc(O[Si](C)(C)C(C)(C)C)cc12. The Bertz CT molecular complexity index is 1760. The zero-order chi connectivity index (χ0) is 42.9. The van der Waals surface area contributed by atoms with Crippen molar-refractivity contribution in [3.05, 3.63) is 69.8 Å². The zero-order valence-electron chi connectivity index (χ0n) is 38.9. The summed E-state index contributed by atoms with van der Waals surface area (Å²) in [6, 6.07) is 12.8. The third-order valence-electron chi connectivity index (χ3n) is 15.5. The monoisotopic (exact) mass is 829 g/mol. The summed E-state index contributed by atoms with van der Waals surface area (Å²) in [6.07, 6.45) is 5.58. The van der Waals surface area contributed by atoms with Crippen molar-refractivity contribution in [2.24, 2.45) is 35.5 Å². The third-order valence-corrected chi connectivity index (χ3v) is 24.2. The predicted octanol–water partition coefficient (Wildman–Crippen LogP) is 13.3. The van der Waals surface area contributed by atoms with E-state index >= 15 is 9.59 Å². The van der Waals surface area contributed by atoms with Gasteiger partial charge in [-0.15, -0.1) is 0 Å². The molecule has 0 unspecified atom stereocenters. The van der Waals surface area contributed by atoms with Crippen molar-refractivity contribution in [2.45, 2.75) is 182 Å². The second-order valence-electron chi connectivity index (χ2n) is 22.5. The molecule has 0 aliphatic heterocycles. The van der Waals surface area contributed by atoms with Gasteiger partial charge in [0.1, 0.15) is 23.7 Å². The van der Waals surface area contributed by atoms with Gasteiger partial charge in [-0.3, -0.25) is 0 Å². The van der Waals surface area contributed by atoms with Gasteiger partial charge in [-0.2, -0.15) is 0 Å². The second kappa shape index (κ2) is 16.2. The fourth-order valence-corrected chi connectivity index (χ4v) is 11.8. The zero-order valence-corrected chi connectivity index (χ0v) is 40.9. The minimum absolute atomic E-state index is 0.00933. The topological polar surface area (TPSA) is 71.1 Å². The van der Waals surface area contributed by atoms with Crippen LogP contribution in [-0.4, -0.2) is 40.8 Å². The highest BCUT2D eigenvalue weighted by Gasteiger charge is 2.51. The van der Waals surface area contributed by atoms with Gasteiger partial charge in [-0.05, 0) is 144 Å². The van der Waals surface area contributed by atoms with E-state index in [0.29, 0.717) is 34.8 Å². The Morgan fingerprint density at radius 1 is 0.569 bits per heavy atom. The van der Waals surface area contributed by atoms with Gasteiger partial charge in [0.25, 0.3) is 0 Å². The minimum Gasteiger partial charge on any atom is -0.543 e. The first-order valence-electron chi connectivity index (χ1n) is 22.6. The van der Waals surface area contributed by atoms with Crippen LogP contribution >= 0.6 is 0 Å². The van der Waals surface area contributed by atoms with Gasteiger partial charge in [0.15, 0.2) is 0 Å². The van der Waals surface area contributed by atoms with Gasteiger partial charge < -0.3 is 18.3 Å². The van der Waals surface area contributed by atoms with E-state index in [0.717, 1.165) is 72.3 Å². The van der Waals surface area contributed by atoms with Crippen molar-refractivity contribution < 1.29 is 27.9 Å². The molecule has 6 nitrogen and oxygen atoms in total. The predicted molar refractivity (Wildman–Crippen MR) is 242 cm³/mol. The molecular formula is C50H76O6Si2. The van der Waals surface area contributed by atoms with Crippen LogP contribution in [0.1, 0.15) is 156 Å². The molecule has 0 heterocycles. The molecule has 2 aromatic rings. The molecule has 8 atom stereocenters. The number of benzene rings is 2. The van der Waals surface area contributed by atoms with Crippen LogP contribution in [0.25, 0.3) is 0 Å². The van der Waals surface area contributed by atoms with Crippen LogP contribution in [-0.2, 0) is 19.1 Å². The van der Waals surface area contributed by atoms with Gasteiger partial charge in [0.2, 0.25) is 16.6 Å². The van der Waals surface area contributed by atoms with E-state index in [4.69, 9.17) is 18.3 Å². The van der Waals surface area contributed by atoms with E-state index in [1.165, 1.54) is 0 Å². The molecule has 58 heavy (non-hydrogen) atoms. The van der Waals surface area contributed by atoms with E-state index in [1.54, 1.807) is 0 Å². The van der Waals surface area contributed by atoms with Gasteiger partial charge in [-0.25, -0.2) is 9.59 Å². The van der Waals surface area contributed by atoms with Crippen LogP contribution < -0.4 is 8.85 Å². The Balaban J connectivity index is 1.54. The Hall–Kier alpha value is -2.85. The quantitative estimate of drug-likeness (QED) is 0.175. The smallest absolute Gasteiger partial charge is 0.335 e. The molecule has 0 amide bonds. The third kappa shape index (κ3) is 8.67. The maximum absolute atomic E-state index is 15.3. The fraction of sp³-hybridized carbons (Fsp3) is 0.680. The molecule has 0 radical (unpaired) electrons. The van der Waals surface area contributed by atoms with Crippen molar-refractivity contribution in [1.82, 2.24) is 0 Å². The van der Waals surface area contributed by atoms with Crippen molar-refractivity contribution >= 4 is 28.6 Å².